The second-order valence-corrected chi connectivity index (χ2v) is 9.92. The number of aryl methyl sites for hydroxylation is 1. The van der Waals surface area contributed by atoms with Crippen molar-refractivity contribution in [2.24, 2.45) is 0 Å². The van der Waals surface area contributed by atoms with Crippen molar-refractivity contribution in [2.75, 3.05) is 24.3 Å². The van der Waals surface area contributed by atoms with Gasteiger partial charge in [0.05, 0.1) is 11.1 Å². The average Bonchev–Trinajstić information content (AvgIpc) is 2.87. The van der Waals surface area contributed by atoms with Crippen molar-refractivity contribution < 1.29 is 53.8 Å². The van der Waals surface area contributed by atoms with Crippen LogP contribution in [0.5, 0.6) is 0 Å². The van der Waals surface area contributed by atoms with Crippen LogP contribution in [0.4, 0.5) is 51.3 Å². The van der Waals surface area contributed by atoms with Crippen LogP contribution in [0.2, 0.25) is 0 Å². The lowest BCUT2D eigenvalue weighted by Crippen LogP contribution is -2.44. The molecule has 1 fully saturated rings. The number of alkyl halides is 9. The molecule has 8 nitrogen and oxygen atoms in total. The van der Waals surface area contributed by atoms with Crippen LogP contribution < -0.4 is 15.5 Å². The Kier molecular flexibility index (Phi) is 9.51. The van der Waals surface area contributed by atoms with Gasteiger partial charge in [-0.1, -0.05) is 0 Å². The van der Waals surface area contributed by atoms with Crippen LogP contribution in [0.1, 0.15) is 54.0 Å². The number of nitrogens with zero attached hydrogens (tertiary/aromatic N) is 3. The number of benzene rings is 1. The number of carbonyl (C=O) groups is 2. The Morgan fingerprint density at radius 1 is 0.905 bits per heavy atom. The standard InChI is InChI=1S/C25H26F9N5O3/c1-12-11-35-22(38-19(12)39(2)3)37-17-6-4-16(5-7-17)36-20(40)18(42-21(41)25(32,33)34)13-8-14(23(26,27)28)10-15(9-13)24(29,30)31/h8-11,16-18H,4-7H2,1-3H3,(H,36,40)(H,35,37,38). The third kappa shape index (κ3) is 8.38. The molecule has 0 bridgehead atoms. The Bertz CT molecular complexity index is 1260. The molecule has 2 N–H and O–H groups in total. The summed E-state index contributed by atoms with van der Waals surface area (Å²) in [6.45, 7) is 1.83. The number of rotatable bonds is 7. The van der Waals surface area contributed by atoms with Crippen LogP contribution in [0.25, 0.3) is 0 Å². The number of carbonyl (C=O) groups excluding carboxylic acids is 2. The van der Waals surface area contributed by atoms with Crippen LogP contribution in [-0.4, -0.2) is 54.2 Å². The number of nitrogens with one attached hydrogen (secondary N) is 2. The lowest BCUT2D eigenvalue weighted by atomic mass is 9.91. The zero-order valence-electron chi connectivity index (χ0n) is 22.3. The predicted molar refractivity (Wildman–Crippen MR) is 130 cm³/mol. The third-order valence-corrected chi connectivity index (χ3v) is 6.38. The van der Waals surface area contributed by atoms with Gasteiger partial charge in [0.1, 0.15) is 5.82 Å². The van der Waals surface area contributed by atoms with E-state index in [-0.39, 0.29) is 37.1 Å². The molecular weight excluding hydrogens is 589 g/mol. The molecule has 1 amide bonds. The Balaban J connectivity index is 1.79. The summed E-state index contributed by atoms with van der Waals surface area (Å²) in [6.07, 6.45) is -16.3. The second-order valence-electron chi connectivity index (χ2n) is 9.92. The number of hydrogen-bond acceptors (Lipinski definition) is 7. The fourth-order valence-electron chi connectivity index (χ4n) is 4.37. The monoisotopic (exact) mass is 615 g/mol. The fourth-order valence-corrected chi connectivity index (χ4v) is 4.37. The minimum absolute atomic E-state index is 0.0352. The van der Waals surface area contributed by atoms with Crippen LogP contribution in [-0.2, 0) is 26.7 Å². The fraction of sp³-hybridized carbons (Fsp3) is 0.520. The van der Waals surface area contributed by atoms with Gasteiger partial charge in [0.25, 0.3) is 5.91 Å². The maximum atomic E-state index is 13.3. The van der Waals surface area contributed by atoms with Gasteiger partial charge >= 0.3 is 24.5 Å². The number of amides is 1. The highest BCUT2D eigenvalue weighted by Crippen LogP contribution is 2.38. The number of esters is 1. The molecule has 1 aromatic carbocycles. The molecule has 1 atom stereocenters. The van der Waals surface area contributed by atoms with E-state index in [9.17, 15) is 49.1 Å². The highest BCUT2D eigenvalue weighted by atomic mass is 19.4. The second kappa shape index (κ2) is 12.2. The molecule has 42 heavy (non-hydrogen) atoms. The van der Waals surface area contributed by atoms with Gasteiger partial charge in [-0.2, -0.15) is 44.5 Å². The minimum atomic E-state index is -5.68. The zero-order valence-corrected chi connectivity index (χ0v) is 22.3. The molecule has 232 valence electrons. The van der Waals surface area contributed by atoms with Crippen LogP contribution in [0, 0.1) is 6.92 Å². The lowest BCUT2D eigenvalue weighted by molar-refractivity contribution is -0.205. The van der Waals surface area contributed by atoms with Gasteiger partial charge in [-0.05, 0) is 50.8 Å². The molecule has 0 saturated heterocycles. The van der Waals surface area contributed by atoms with Crippen LogP contribution >= 0.6 is 0 Å². The summed E-state index contributed by atoms with van der Waals surface area (Å²) in [4.78, 5) is 34.9. The first kappa shape index (κ1) is 32.7. The zero-order chi connectivity index (χ0) is 31.6. The molecule has 1 aromatic heterocycles. The molecule has 1 aliphatic carbocycles. The molecule has 1 aliphatic rings. The van der Waals surface area contributed by atoms with Crippen molar-refractivity contribution in [3.63, 3.8) is 0 Å². The first-order valence-electron chi connectivity index (χ1n) is 12.4. The van der Waals surface area contributed by atoms with E-state index in [0.29, 0.717) is 24.6 Å². The average molecular weight is 615 g/mol. The first-order valence-corrected chi connectivity index (χ1v) is 12.4. The van der Waals surface area contributed by atoms with Gasteiger partial charge in [0.15, 0.2) is 0 Å². The molecule has 1 heterocycles. The number of anilines is 2. The molecule has 0 aliphatic heterocycles. The first-order chi connectivity index (χ1) is 19.3. The summed E-state index contributed by atoms with van der Waals surface area (Å²) in [6, 6.07) is -1.10. The normalized spacial score (nSPS) is 18.7. The summed E-state index contributed by atoms with van der Waals surface area (Å²) >= 11 is 0. The maximum absolute atomic E-state index is 13.3. The van der Waals surface area contributed by atoms with E-state index in [2.05, 4.69) is 25.3 Å². The van der Waals surface area contributed by atoms with Crippen molar-refractivity contribution in [3.05, 3.63) is 46.6 Å². The van der Waals surface area contributed by atoms with Crippen LogP contribution in [0.3, 0.4) is 0 Å². The Labute approximate surface area is 233 Å². The molecule has 0 radical (unpaired) electrons. The van der Waals surface area contributed by atoms with Gasteiger partial charge in [-0.3, -0.25) is 4.79 Å². The molecule has 17 heteroatoms. The lowest BCUT2D eigenvalue weighted by Gasteiger charge is -2.31. The minimum Gasteiger partial charge on any atom is -0.441 e. The van der Waals surface area contributed by atoms with Crippen molar-refractivity contribution in [1.82, 2.24) is 15.3 Å². The molecule has 1 unspecified atom stereocenters. The van der Waals surface area contributed by atoms with Gasteiger partial charge < -0.3 is 20.3 Å². The van der Waals surface area contributed by atoms with E-state index in [1.165, 1.54) is 0 Å². The molecular formula is C25H26F9N5O3. The summed E-state index contributed by atoms with van der Waals surface area (Å²) < 4.78 is 123. The maximum Gasteiger partial charge on any atom is 0.490 e. The van der Waals surface area contributed by atoms with Crippen molar-refractivity contribution in [3.8, 4) is 0 Å². The summed E-state index contributed by atoms with van der Waals surface area (Å²) in [5, 5.41) is 5.44. The summed E-state index contributed by atoms with van der Waals surface area (Å²) in [5.74, 6) is -3.46. The molecule has 1 saturated carbocycles. The predicted octanol–water partition coefficient (Wildman–Crippen LogP) is 5.57. The quantitative estimate of drug-likeness (QED) is 0.311. The van der Waals surface area contributed by atoms with E-state index in [1.807, 2.05) is 6.92 Å². The Morgan fingerprint density at radius 3 is 1.90 bits per heavy atom. The van der Waals surface area contributed by atoms with Crippen LogP contribution in [0.15, 0.2) is 24.4 Å². The van der Waals surface area contributed by atoms with E-state index >= 15 is 0 Å². The smallest absolute Gasteiger partial charge is 0.441 e. The van der Waals surface area contributed by atoms with Crippen molar-refractivity contribution in [2.45, 2.75) is 69.3 Å². The summed E-state index contributed by atoms with van der Waals surface area (Å²) in [5.41, 5.74) is -4.18. The Hall–Kier alpha value is -3.79. The number of aromatic nitrogens is 2. The SMILES string of the molecule is Cc1cnc(NC2CCC(NC(=O)C(OC(=O)C(F)(F)F)c3cc(C(F)(F)F)cc(C(F)(F)F)c3)CC2)nc1N(C)C. The number of hydrogen-bond donors (Lipinski definition) is 2. The highest BCUT2D eigenvalue weighted by Gasteiger charge is 2.45. The van der Waals surface area contributed by atoms with Crippen molar-refractivity contribution in [1.29, 1.82) is 0 Å². The van der Waals surface area contributed by atoms with Gasteiger partial charge in [0.2, 0.25) is 12.1 Å². The third-order valence-electron chi connectivity index (χ3n) is 6.38. The molecule has 0 spiro atoms. The topological polar surface area (TPSA) is 96.4 Å². The molecule has 2 aromatic rings. The van der Waals surface area contributed by atoms with Crippen molar-refractivity contribution >= 4 is 23.6 Å². The summed E-state index contributed by atoms with van der Waals surface area (Å²) in [7, 11) is 3.60. The van der Waals surface area contributed by atoms with Gasteiger partial charge in [-0.15, -0.1) is 0 Å². The Morgan fingerprint density at radius 2 is 1.43 bits per heavy atom. The molecule has 3 rings (SSSR count). The van der Waals surface area contributed by atoms with Gasteiger partial charge in [-0.25, -0.2) is 9.78 Å². The highest BCUT2D eigenvalue weighted by molar-refractivity contribution is 5.86. The van der Waals surface area contributed by atoms with E-state index in [1.54, 1.807) is 25.2 Å². The van der Waals surface area contributed by atoms with Gasteiger partial charge in [0, 0.05) is 43.5 Å². The largest absolute Gasteiger partial charge is 0.490 e. The van der Waals surface area contributed by atoms with E-state index < -0.39 is 59.2 Å². The number of halogens is 9. The van der Waals surface area contributed by atoms with E-state index in [0.717, 1.165) is 5.56 Å². The number of ether oxygens (including phenoxy) is 1. The van der Waals surface area contributed by atoms with E-state index in [4.69, 9.17) is 0 Å².